The molecule has 2 aromatic heterocycles. The van der Waals surface area contributed by atoms with E-state index in [4.69, 9.17) is 0 Å². The van der Waals surface area contributed by atoms with Crippen LogP contribution in [-0.2, 0) is 11.2 Å². The third kappa shape index (κ3) is 4.80. The molecule has 0 bridgehead atoms. The van der Waals surface area contributed by atoms with Gasteiger partial charge in [-0.2, -0.15) is 5.10 Å². The lowest BCUT2D eigenvalue weighted by Gasteiger charge is -2.23. The van der Waals surface area contributed by atoms with E-state index in [0.29, 0.717) is 23.7 Å². The van der Waals surface area contributed by atoms with E-state index in [-0.39, 0.29) is 0 Å². The predicted octanol–water partition coefficient (Wildman–Crippen LogP) is 1.59. The van der Waals surface area contributed by atoms with Crippen molar-refractivity contribution < 1.29 is 14.7 Å². The van der Waals surface area contributed by atoms with Crippen LogP contribution in [0.25, 0.3) is 5.82 Å². The van der Waals surface area contributed by atoms with E-state index in [1.807, 2.05) is 36.4 Å². The second-order valence-electron chi connectivity index (χ2n) is 7.66. The number of pyridine rings is 1. The Hall–Kier alpha value is -3.52. The SMILES string of the molecule is CNC(=O)C(O)[C@H](Cc1ccccc1)NC(=O)c1cccnc1-n1ccc(C2CC2)n1. The summed E-state index contributed by atoms with van der Waals surface area (Å²) in [5.41, 5.74) is 2.20. The average molecular weight is 419 g/mol. The van der Waals surface area contributed by atoms with Gasteiger partial charge in [-0.15, -0.1) is 0 Å². The Bertz CT molecular complexity index is 1060. The number of nitrogens with one attached hydrogen (secondary N) is 2. The van der Waals surface area contributed by atoms with Crippen LogP contribution in [0.4, 0.5) is 0 Å². The molecule has 3 N–H and O–H groups in total. The zero-order chi connectivity index (χ0) is 21.8. The van der Waals surface area contributed by atoms with Gasteiger partial charge in [0.05, 0.1) is 17.3 Å². The van der Waals surface area contributed by atoms with Crippen LogP contribution in [0, 0.1) is 0 Å². The maximum Gasteiger partial charge on any atom is 0.255 e. The van der Waals surface area contributed by atoms with Gasteiger partial charge in [-0.3, -0.25) is 9.59 Å². The van der Waals surface area contributed by atoms with Gasteiger partial charge < -0.3 is 15.7 Å². The Morgan fingerprint density at radius 3 is 2.65 bits per heavy atom. The zero-order valence-electron chi connectivity index (χ0n) is 17.2. The van der Waals surface area contributed by atoms with Crippen LogP contribution in [0.15, 0.2) is 60.9 Å². The summed E-state index contributed by atoms with van der Waals surface area (Å²) in [4.78, 5) is 29.6. The molecule has 0 spiro atoms. The topological polar surface area (TPSA) is 109 Å². The number of hydrogen-bond donors (Lipinski definition) is 3. The van der Waals surface area contributed by atoms with Gasteiger partial charge in [-0.05, 0) is 43.0 Å². The van der Waals surface area contributed by atoms with Gasteiger partial charge in [0, 0.05) is 25.4 Å². The molecule has 8 heteroatoms. The van der Waals surface area contributed by atoms with E-state index >= 15 is 0 Å². The van der Waals surface area contributed by atoms with Crippen molar-refractivity contribution in [3.63, 3.8) is 0 Å². The van der Waals surface area contributed by atoms with E-state index in [1.165, 1.54) is 7.05 Å². The highest BCUT2D eigenvalue weighted by molar-refractivity contribution is 5.97. The number of aromatic nitrogens is 3. The van der Waals surface area contributed by atoms with E-state index < -0.39 is 24.0 Å². The molecular formula is C23H25N5O3. The number of aliphatic hydroxyl groups is 1. The van der Waals surface area contributed by atoms with Gasteiger partial charge in [0.15, 0.2) is 11.9 Å². The van der Waals surface area contributed by atoms with Crippen LogP contribution in [0.2, 0.25) is 0 Å². The molecule has 1 aromatic carbocycles. The van der Waals surface area contributed by atoms with E-state index in [1.54, 1.807) is 29.2 Å². The molecule has 2 heterocycles. The number of aliphatic hydroxyl groups excluding tert-OH is 1. The molecule has 31 heavy (non-hydrogen) atoms. The zero-order valence-corrected chi connectivity index (χ0v) is 17.2. The van der Waals surface area contributed by atoms with Crippen LogP contribution in [0.1, 0.15) is 40.4 Å². The van der Waals surface area contributed by atoms with E-state index in [2.05, 4.69) is 20.7 Å². The summed E-state index contributed by atoms with van der Waals surface area (Å²) >= 11 is 0. The Morgan fingerprint density at radius 1 is 1.16 bits per heavy atom. The van der Waals surface area contributed by atoms with Crippen molar-refractivity contribution in [2.75, 3.05) is 7.05 Å². The highest BCUT2D eigenvalue weighted by Crippen LogP contribution is 2.39. The van der Waals surface area contributed by atoms with Crippen molar-refractivity contribution in [1.82, 2.24) is 25.4 Å². The highest BCUT2D eigenvalue weighted by Gasteiger charge is 2.29. The predicted molar refractivity (Wildman–Crippen MR) is 115 cm³/mol. The Balaban J connectivity index is 1.58. The summed E-state index contributed by atoms with van der Waals surface area (Å²) in [5, 5.41) is 20.4. The van der Waals surface area contributed by atoms with Gasteiger partial charge in [-0.25, -0.2) is 9.67 Å². The number of nitrogens with zero attached hydrogens (tertiary/aromatic N) is 3. The third-order valence-electron chi connectivity index (χ3n) is 5.36. The van der Waals surface area contributed by atoms with Crippen molar-refractivity contribution in [3.05, 3.63) is 77.7 Å². The fourth-order valence-corrected chi connectivity index (χ4v) is 3.50. The summed E-state index contributed by atoms with van der Waals surface area (Å²) in [6.45, 7) is 0. The average Bonchev–Trinajstić information content (AvgIpc) is 3.54. The summed E-state index contributed by atoms with van der Waals surface area (Å²) in [6, 6.07) is 13.8. The third-order valence-corrected chi connectivity index (χ3v) is 5.36. The van der Waals surface area contributed by atoms with Crippen molar-refractivity contribution in [3.8, 4) is 5.82 Å². The van der Waals surface area contributed by atoms with Gasteiger partial charge in [0.25, 0.3) is 11.8 Å². The number of carbonyl (C=O) groups is 2. The molecule has 1 aliphatic rings. The molecule has 2 atom stereocenters. The van der Waals surface area contributed by atoms with Gasteiger partial charge in [0.1, 0.15) is 0 Å². The Morgan fingerprint density at radius 2 is 1.94 bits per heavy atom. The van der Waals surface area contributed by atoms with Crippen LogP contribution < -0.4 is 10.6 Å². The normalized spacial score (nSPS) is 15.2. The first-order valence-corrected chi connectivity index (χ1v) is 10.3. The maximum atomic E-state index is 13.2. The lowest BCUT2D eigenvalue weighted by Crippen LogP contribution is -2.51. The fraction of sp³-hybridized carbons (Fsp3) is 0.304. The molecule has 3 aromatic rings. The first-order valence-electron chi connectivity index (χ1n) is 10.3. The smallest absolute Gasteiger partial charge is 0.255 e. The molecule has 0 aliphatic heterocycles. The number of likely N-dealkylation sites (N-methyl/N-ethyl adjacent to an activating group) is 1. The number of carbonyl (C=O) groups excluding carboxylic acids is 2. The van der Waals surface area contributed by atoms with Gasteiger partial charge >= 0.3 is 0 Å². The van der Waals surface area contributed by atoms with Crippen molar-refractivity contribution in [1.29, 1.82) is 0 Å². The monoisotopic (exact) mass is 419 g/mol. The Kier molecular flexibility index (Phi) is 6.08. The number of benzene rings is 1. The first kappa shape index (κ1) is 20.7. The molecule has 0 radical (unpaired) electrons. The second-order valence-corrected chi connectivity index (χ2v) is 7.66. The molecule has 2 amide bonds. The van der Waals surface area contributed by atoms with Gasteiger partial charge in [-0.1, -0.05) is 30.3 Å². The summed E-state index contributed by atoms with van der Waals surface area (Å²) in [5.74, 6) is -0.107. The molecule has 1 unspecified atom stereocenters. The largest absolute Gasteiger partial charge is 0.381 e. The van der Waals surface area contributed by atoms with Crippen molar-refractivity contribution in [2.24, 2.45) is 0 Å². The Labute approximate surface area is 180 Å². The summed E-state index contributed by atoms with van der Waals surface area (Å²) in [7, 11) is 1.45. The van der Waals surface area contributed by atoms with Crippen molar-refractivity contribution in [2.45, 2.75) is 37.3 Å². The molecule has 0 saturated heterocycles. The van der Waals surface area contributed by atoms with Crippen LogP contribution in [0.3, 0.4) is 0 Å². The minimum absolute atomic E-state index is 0.296. The second kappa shape index (κ2) is 9.09. The maximum absolute atomic E-state index is 13.2. The summed E-state index contributed by atoms with van der Waals surface area (Å²) < 4.78 is 1.60. The minimum Gasteiger partial charge on any atom is -0.381 e. The number of rotatable bonds is 8. The highest BCUT2D eigenvalue weighted by atomic mass is 16.3. The quantitative estimate of drug-likeness (QED) is 0.514. The molecule has 1 fully saturated rings. The summed E-state index contributed by atoms with van der Waals surface area (Å²) in [6.07, 6.45) is 4.56. The lowest BCUT2D eigenvalue weighted by molar-refractivity contribution is -0.130. The first-order chi connectivity index (χ1) is 15.1. The van der Waals surface area contributed by atoms with E-state index in [0.717, 1.165) is 24.1 Å². The molecule has 4 rings (SSSR count). The standard InChI is InChI=1S/C23H25N5O3/c1-24-23(31)20(29)19(14-15-6-3-2-4-7-15)26-22(30)17-8-5-12-25-21(17)28-13-11-18(27-28)16-9-10-16/h2-8,11-13,16,19-20,29H,9-10,14H2,1H3,(H,24,31)(H,26,30)/t19-,20?/m0/s1. The molecule has 1 saturated carbocycles. The molecule has 1 aliphatic carbocycles. The van der Waals surface area contributed by atoms with Crippen LogP contribution in [-0.4, -0.2) is 50.9 Å². The van der Waals surface area contributed by atoms with E-state index in [9.17, 15) is 14.7 Å². The van der Waals surface area contributed by atoms with Gasteiger partial charge in [0.2, 0.25) is 0 Å². The molecule has 160 valence electrons. The number of amides is 2. The van der Waals surface area contributed by atoms with Crippen LogP contribution in [0.5, 0.6) is 0 Å². The molecule has 8 nitrogen and oxygen atoms in total. The number of hydrogen-bond acceptors (Lipinski definition) is 5. The van der Waals surface area contributed by atoms with Crippen LogP contribution >= 0.6 is 0 Å². The minimum atomic E-state index is -1.40. The fourth-order valence-electron chi connectivity index (χ4n) is 3.50. The lowest BCUT2D eigenvalue weighted by atomic mass is 10.00. The van der Waals surface area contributed by atoms with Crippen molar-refractivity contribution >= 4 is 11.8 Å². The molecular weight excluding hydrogens is 394 g/mol.